The monoisotopic (exact) mass is 403 g/mol. The van der Waals surface area contributed by atoms with Gasteiger partial charge in [0.15, 0.2) is 0 Å². The summed E-state index contributed by atoms with van der Waals surface area (Å²) in [5, 5.41) is 12.1. The van der Waals surface area contributed by atoms with Crippen LogP contribution in [0.4, 0.5) is 0 Å². The molecule has 2 atom stereocenters. The van der Waals surface area contributed by atoms with Gasteiger partial charge in [-0.1, -0.05) is 56.3 Å². The highest BCUT2D eigenvalue weighted by molar-refractivity contribution is 7.27. The van der Waals surface area contributed by atoms with Gasteiger partial charge >= 0.3 is 0 Å². The Kier molecular flexibility index (Phi) is 5.49. The molecule has 2 aromatic carbocycles. The molecular weight excluding hydrogens is 373 g/mol. The molecule has 1 aromatic heterocycles. The van der Waals surface area contributed by atoms with Crippen LogP contribution in [-0.4, -0.2) is 10.1 Å². The molecule has 4 rings (SSSR count). The van der Waals surface area contributed by atoms with Crippen LogP contribution in [0.25, 0.3) is 0 Å². The lowest BCUT2D eigenvalue weighted by molar-refractivity contribution is 0.460. The first kappa shape index (κ1) is 20.1. The number of nitrogens with zero attached hydrogens (tertiary/aromatic N) is 1. The molecule has 2 unspecified atom stereocenters. The first-order valence-electron chi connectivity index (χ1n) is 10.5. The highest BCUT2D eigenvalue weighted by atomic mass is 31.0. The Morgan fingerprint density at radius 2 is 1.83 bits per heavy atom. The molecule has 0 amide bonds. The van der Waals surface area contributed by atoms with Crippen LogP contribution < -0.4 is 5.30 Å². The van der Waals surface area contributed by atoms with Crippen molar-refractivity contribution in [2.75, 3.05) is 0 Å². The third-order valence-electron chi connectivity index (χ3n) is 6.33. The van der Waals surface area contributed by atoms with Gasteiger partial charge in [-0.15, -0.1) is 9.24 Å². The van der Waals surface area contributed by atoms with Crippen molar-refractivity contribution in [1.29, 1.82) is 0 Å². The molecule has 1 N–H and O–H groups in total. The summed E-state index contributed by atoms with van der Waals surface area (Å²) in [4.78, 5) is 4.80. The van der Waals surface area contributed by atoms with Crippen molar-refractivity contribution in [3.63, 3.8) is 0 Å². The minimum atomic E-state index is 0.286. The van der Waals surface area contributed by atoms with Crippen LogP contribution in [-0.2, 0) is 12.8 Å². The first-order valence-corrected chi connectivity index (χ1v) is 11.1. The Morgan fingerprint density at radius 1 is 1.10 bits per heavy atom. The zero-order chi connectivity index (χ0) is 20.7. The van der Waals surface area contributed by atoms with Gasteiger partial charge in [0.1, 0.15) is 5.75 Å². The number of aryl methyl sites for hydroxylation is 2. The van der Waals surface area contributed by atoms with E-state index in [1.54, 1.807) is 0 Å². The summed E-state index contributed by atoms with van der Waals surface area (Å²) < 4.78 is 0. The molecule has 0 bridgehead atoms. The Morgan fingerprint density at radius 3 is 2.52 bits per heavy atom. The number of benzene rings is 2. The van der Waals surface area contributed by atoms with E-state index in [1.807, 2.05) is 13.8 Å². The molecule has 29 heavy (non-hydrogen) atoms. The highest BCUT2D eigenvalue weighted by Crippen LogP contribution is 2.39. The molecular formula is C26H30NOP. The van der Waals surface area contributed by atoms with E-state index in [2.05, 4.69) is 65.6 Å². The van der Waals surface area contributed by atoms with Gasteiger partial charge in [-0.3, -0.25) is 4.98 Å². The van der Waals surface area contributed by atoms with E-state index in [0.29, 0.717) is 11.7 Å². The highest BCUT2D eigenvalue weighted by Gasteiger charge is 2.25. The molecule has 3 heteroatoms. The lowest BCUT2D eigenvalue weighted by Gasteiger charge is -2.18. The van der Waals surface area contributed by atoms with Crippen LogP contribution in [0, 0.1) is 13.8 Å². The summed E-state index contributed by atoms with van der Waals surface area (Å²) in [6.07, 6.45) is 3.01. The molecule has 0 saturated heterocycles. The van der Waals surface area contributed by atoms with Crippen molar-refractivity contribution in [2.45, 2.75) is 58.8 Å². The van der Waals surface area contributed by atoms with Gasteiger partial charge in [-0.2, -0.15) is 0 Å². The quantitative estimate of drug-likeness (QED) is 0.567. The molecule has 0 saturated carbocycles. The van der Waals surface area contributed by atoms with Crippen LogP contribution >= 0.6 is 9.24 Å². The third kappa shape index (κ3) is 3.83. The van der Waals surface area contributed by atoms with Crippen molar-refractivity contribution in [2.24, 2.45) is 0 Å². The van der Waals surface area contributed by atoms with Gasteiger partial charge in [0.2, 0.25) is 0 Å². The summed E-state index contributed by atoms with van der Waals surface area (Å²) in [6, 6.07) is 15.7. The zero-order valence-corrected chi connectivity index (χ0v) is 18.9. The van der Waals surface area contributed by atoms with Gasteiger partial charge in [0.05, 0.1) is 5.69 Å². The molecule has 1 aliphatic rings. The summed E-state index contributed by atoms with van der Waals surface area (Å²) in [5.74, 6) is 1.19. The standard InChI is InChI=1S/C26H30NOP/c1-15(2)25-24(26(28)16(3)17(4)27-25)14-18-5-11-23-20(13-18)8-12-22(23)19-6-9-21(29)10-7-19/h5-7,9-11,13,15,22H,8,12,14,29H2,1-4H3,(H,27,28). The molecule has 1 aliphatic carbocycles. The number of hydrogen-bond donors (Lipinski definition) is 1. The normalized spacial score (nSPS) is 15.7. The summed E-state index contributed by atoms with van der Waals surface area (Å²) in [5.41, 5.74) is 9.37. The number of pyridine rings is 1. The lowest BCUT2D eigenvalue weighted by Crippen LogP contribution is -2.06. The number of rotatable bonds is 4. The fourth-order valence-corrected chi connectivity index (χ4v) is 4.75. The molecule has 0 radical (unpaired) electrons. The van der Waals surface area contributed by atoms with Crippen molar-refractivity contribution < 1.29 is 5.11 Å². The molecule has 2 nitrogen and oxygen atoms in total. The molecule has 150 valence electrons. The van der Waals surface area contributed by atoms with Crippen molar-refractivity contribution in [1.82, 2.24) is 4.98 Å². The Bertz CT molecular complexity index is 1050. The van der Waals surface area contributed by atoms with Gasteiger partial charge in [0, 0.05) is 29.2 Å². The van der Waals surface area contributed by atoms with Crippen molar-refractivity contribution >= 4 is 14.5 Å². The summed E-state index contributed by atoms with van der Waals surface area (Å²) >= 11 is 0. The molecule has 3 aromatic rings. The third-order valence-corrected chi connectivity index (χ3v) is 6.72. The van der Waals surface area contributed by atoms with Crippen molar-refractivity contribution in [3.05, 3.63) is 87.2 Å². The SMILES string of the molecule is Cc1nc(C(C)C)c(Cc2ccc3c(c2)CCC3c2ccc(P)cc2)c(O)c1C. The number of fused-ring (bicyclic) bond motifs is 1. The number of hydrogen-bond acceptors (Lipinski definition) is 2. The van der Waals surface area contributed by atoms with E-state index in [1.165, 1.54) is 34.0 Å². The maximum Gasteiger partial charge on any atom is 0.125 e. The van der Waals surface area contributed by atoms with Crippen LogP contribution in [0.3, 0.4) is 0 Å². The average Bonchev–Trinajstić information content (AvgIpc) is 3.12. The van der Waals surface area contributed by atoms with Crippen LogP contribution in [0.2, 0.25) is 0 Å². The fraction of sp³-hybridized carbons (Fsp3) is 0.346. The Labute approximate surface area is 176 Å². The molecule has 0 spiro atoms. The van der Waals surface area contributed by atoms with E-state index in [-0.39, 0.29) is 5.92 Å². The first-order chi connectivity index (χ1) is 13.8. The van der Waals surface area contributed by atoms with Gasteiger partial charge in [-0.25, -0.2) is 0 Å². The lowest BCUT2D eigenvalue weighted by atomic mass is 9.90. The van der Waals surface area contributed by atoms with E-state index >= 15 is 0 Å². The fourth-order valence-electron chi connectivity index (χ4n) is 4.56. The topological polar surface area (TPSA) is 33.1 Å². The average molecular weight is 404 g/mol. The van der Waals surface area contributed by atoms with Crippen LogP contribution in [0.15, 0.2) is 42.5 Å². The zero-order valence-electron chi connectivity index (χ0n) is 17.8. The Hall–Kier alpha value is -2.18. The van der Waals surface area contributed by atoms with Crippen molar-refractivity contribution in [3.8, 4) is 5.75 Å². The maximum atomic E-state index is 10.8. The number of aromatic hydroxyl groups is 1. The minimum absolute atomic E-state index is 0.286. The van der Waals surface area contributed by atoms with E-state index in [4.69, 9.17) is 4.98 Å². The van der Waals surface area contributed by atoms with Gasteiger partial charge in [0.25, 0.3) is 0 Å². The van der Waals surface area contributed by atoms with Crippen LogP contribution in [0.1, 0.15) is 76.9 Å². The van der Waals surface area contributed by atoms with Gasteiger partial charge < -0.3 is 5.11 Å². The second kappa shape index (κ2) is 7.92. The van der Waals surface area contributed by atoms with Crippen LogP contribution in [0.5, 0.6) is 5.75 Å². The summed E-state index contributed by atoms with van der Waals surface area (Å²) in [7, 11) is 2.76. The predicted octanol–water partition coefficient (Wildman–Crippen LogP) is 5.70. The van der Waals surface area contributed by atoms with E-state index in [9.17, 15) is 5.11 Å². The summed E-state index contributed by atoms with van der Waals surface area (Å²) in [6.45, 7) is 8.23. The largest absolute Gasteiger partial charge is 0.507 e. The minimum Gasteiger partial charge on any atom is -0.507 e. The van der Waals surface area contributed by atoms with E-state index < -0.39 is 0 Å². The maximum absolute atomic E-state index is 10.8. The second-order valence-electron chi connectivity index (χ2n) is 8.66. The second-order valence-corrected chi connectivity index (χ2v) is 9.32. The van der Waals surface area contributed by atoms with E-state index in [0.717, 1.165) is 35.4 Å². The predicted molar refractivity (Wildman–Crippen MR) is 125 cm³/mol. The molecule has 0 aliphatic heterocycles. The molecule has 0 fully saturated rings. The molecule has 1 heterocycles. The van der Waals surface area contributed by atoms with Gasteiger partial charge in [-0.05, 0) is 60.2 Å². The number of aromatic nitrogens is 1. The Balaban J connectivity index is 1.66. The smallest absolute Gasteiger partial charge is 0.125 e.